The Kier molecular flexibility index (Phi) is 6.16. The Bertz CT molecular complexity index is 1460. The quantitative estimate of drug-likeness (QED) is 0.430. The molecule has 2 aromatic carbocycles. The zero-order chi connectivity index (χ0) is 25.5. The molecule has 2 aliphatic rings. The molecule has 0 unspecified atom stereocenters. The van der Waals surface area contributed by atoms with Crippen molar-refractivity contribution in [1.82, 2.24) is 30.1 Å². The van der Waals surface area contributed by atoms with Crippen LogP contribution in [-0.4, -0.2) is 61.4 Å². The highest BCUT2D eigenvalue weighted by atomic mass is 16.3. The van der Waals surface area contributed by atoms with Gasteiger partial charge in [-0.2, -0.15) is 0 Å². The van der Waals surface area contributed by atoms with Crippen LogP contribution in [0.5, 0.6) is 5.75 Å². The first-order chi connectivity index (χ1) is 18.0. The minimum atomic E-state index is -0.341. The summed E-state index contributed by atoms with van der Waals surface area (Å²) in [6.07, 6.45) is 4.47. The summed E-state index contributed by atoms with van der Waals surface area (Å²) in [6.45, 7) is 7.23. The van der Waals surface area contributed by atoms with Crippen molar-refractivity contribution in [2.45, 2.75) is 51.6 Å². The molecular weight excluding hydrogens is 466 g/mol. The van der Waals surface area contributed by atoms with E-state index in [1.54, 1.807) is 12.1 Å². The standard InChI is InChI=1S/C28H33N7O2/c1-18-15-19(2)25-20(16-18)17-24(28(37)29-25)26(27-30-31-32-35(27)22-5-3-4-6-22)34-13-11-33(12-14-34)21-7-9-23(36)10-8-21/h7-10,15-17,22,26,36H,3-6,11-14H2,1-2H3,(H,29,37)/t26-/m1/s1. The Morgan fingerprint density at radius 1 is 1.00 bits per heavy atom. The van der Waals surface area contributed by atoms with Gasteiger partial charge in [-0.25, -0.2) is 4.68 Å². The van der Waals surface area contributed by atoms with Crippen LogP contribution >= 0.6 is 0 Å². The van der Waals surface area contributed by atoms with E-state index in [9.17, 15) is 9.90 Å². The van der Waals surface area contributed by atoms with Gasteiger partial charge in [-0.05, 0) is 84.5 Å². The lowest BCUT2D eigenvalue weighted by atomic mass is 10.00. The summed E-state index contributed by atoms with van der Waals surface area (Å²) in [4.78, 5) is 21.4. The van der Waals surface area contributed by atoms with Crippen LogP contribution in [0.2, 0.25) is 0 Å². The van der Waals surface area contributed by atoms with Gasteiger partial charge >= 0.3 is 0 Å². The molecular formula is C28H33N7O2. The lowest BCUT2D eigenvalue weighted by Crippen LogP contribution is -2.49. The van der Waals surface area contributed by atoms with Gasteiger partial charge in [0, 0.05) is 37.4 Å². The molecule has 2 fully saturated rings. The predicted molar refractivity (Wildman–Crippen MR) is 143 cm³/mol. The zero-order valence-electron chi connectivity index (χ0n) is 21.4. The number of H-pyrrole nitrogens is 1. The number of fused-ring (bicyclic) bond motifs is 1. The third-order valence-electron chi connectivity index (χ3n) is 7.94. The van der Waals surface area contributed by atoms with Crippen molar-refractivity contribution >= 4 is 16.6 Å². The molecule has 0 radical (unpaired) electrons. The van der Waals surface area contributed by atoms with Crippen molar-refractivity contribution in [2.24, 2.45) is 0 Å². The summed E-state index contributed by atoms with van der Waals surface area (Å²) in [7, 11) is 0. The Labute approximate surface area is 215 Å². The van der Waals surface area contributed by atoms with Gasteiger partial charge in [0.25, 0.3) is 5.56 Å². The second kappa shape index (κ2) is 9.63. The average molecular weight is 500 g/mol. The number of piperazine rings is 1. The van der Waals surface area contributed by atoms with Crippen LogP contribution < -0.4 is 10.5 Å². The molecule has 1 aliphatic heterocycles. The molecule has 0 amide bonds. The molecule has 0 spiro atoms. The van der Waals surface area contributed by atoms with Crippen LogP contribution in [0.25, 0.3) is 10.9 Å². The number of hydrogen-bond donors (Lipinski definition) is 2. The minimum Gasteiger partial charge on any atom is -0.508 e. The number of pyridine rings is 1. The van der Waals surface area contributed by atoms with E-state index in [4.69, 9.17) is 0 Å². The Hall–Kier alpha value is -3.72. The summed E-state index contributed by atoms with van der Waals surface area (Å²) in [5.74, 6) is 1.02. The molecule has 1 atom stereocenters. The summed E-state index contributed by atoms with van der Waals surface area (Å²) in [6, 6.07) is 13.5. The van der Waals surface area contributed by atoms with Gasteiger partial charge in [0.05, 0.1) is 11.6 Å². The molecule has 9 heteroatoms. The number of aromatic amines is 1. The van der Waals surface area contributed by atoms with Crippen molar-refractivity contribution < 1.29 is 5.11 Å². The van der Waals surface area contributed by atoms with Crippen LogP contribution in [-0.2, 0) is 0 Å². The molecule has 4 aromatic rings. The van der Waals surface area contributed by atoms with Crippen LogP contribution in [0.1, 0.15) is 60.3 Å². The Balaban J connectivity index is 1.40. The molecule has 1 aliphatic carbocycles. The maximum absolute atomic E-state index is 13.6. The molecule has 1 saturated carbocycles. The van der Waals surface area contributed by atoms with Crippen LogP contribution in [0, 0.1) is 13.8 Å². The zero-order valence-corrected chi connectivity index (χ0v) is 21.4. The van der Waals surface area contributed by atoms with Crippen molar-refractivity contribution in [1.29, 1.82) is 0 Å². The lowest BCUT2D eigenvalue weighted by Gasteiger charge is -2.39. The summed E-state index contributed by atoms with van der Waals surface area (Å²) < 4.78 is 1.98. The highest BCUT2D eigenvalue weighted by molar-refractivity contribution is 5.83. The van der Waals surface area contributed by atoms with Crippen molar-refractivity contribution in [3.63, 3.8) is 0 Å². The SMILES string of the molecule is Cc1cc(C)c2[nH]c(=O)c([C@H](c3nnnn3C3CCCC3)N3CCN(c4ccc(O)cc4)CC3)cc2c1. The van der Waals surface area contributed by atoms with Gasteiger partial charge in [-0.15, -0.1) is 5.10 Å². The molecule has 2 N–H and O–H groups in total. The van der Waals surface area contributed by atoms with Crippen LogP contribution in [0.3, 0.4) is 0 Å². The number of anilines is 1. The fourth-order valence-electron chi connectivity index (χ4n) is 6.10. The third-order valence-corrected chi connectivity index (χ3v) is 7.94. The molecule has 37 heavy (non-hydrogen) atoms. The molecule has 3 heterocycles. The third kappa shape index (κ3) is 4.48. The number of tetrazole rings is 1. The topological polar surface area (TPSA) is 103 Å². The van der Waals surface area contributed by atoms with Gasteiger partial charge in [-0.3, -0.25) is 9.69 Å². The first kappa shape index (κ1) is 23.7. The van der Waals surface area contributed by atoms with Gasteiger partial charge in [-0.1, -0.05) is 24.5 Å². The lowest BCUT2D eigenvalue weighted by molar-refractivity contribution is 0.197. The highest BCUT2D eigenvalue weighted by Crippen LogP contribution is 2.35. The van der Waals surface area contributed by atoms with Gasteiger partial charge in [0.2, 0.25) is 0 Å². The second-order valence-corrected chi connectivity index (χ2v) is 10.5. The number of hydrogen-bond acceptors (Lipinski definition) is 7. The number of aromatic hydroxyl groups is 1. The first-order valence-electron chi connectivity index (χ1n) is 13.2. The van der Waals surface area contributed by atoms with Crippen molar-refractivity contribution in [2.75, 3.05) is 31.1 Å². The van der Waals surface area contributed by atoms with E-state index in [1.807, 2.05) is 29.8 Å². The molecule has 1 saturated heterocycles. The van der Waals surface area contributed by atoms with E-state index in [0.717, 1.165) is 72.6 Å². The summed E-state index contributed by atoms with van der Waals surface area (Å²) in [5.41, 5.74) is 4.78. The van der Waals surface area contributed by atoms with Crippen LogP contribution in [0.15, 0.2) is 47.3 Å². The second-order valence-electron chi connectivity index (χ2n) is 10.5. The number of phenolic OH excluding ortho intramolecular Hbond substituents is 1. The number of aromatic nitrogens is 5. The number of nitrogens with zero attached hydrogens (tertiary/aromatic N) is 6. The Morgan fingerprint density at radius 3 is 2.46 bits per heavy atom. The smallest absolute Gasteiger partial charge is 0.253 e. The maximum atomic E-state index is 13.6. The van der Waals surface area contributed by atoms with E-state index in [-0.39, 0.29) is 23.4 Å². The Morgan fingerprint density at radius 2 is 1.73 bits per heavy atom. The van der Waals surface area contributed by atoms with Gasteiger partial charge in [0.1, 0.15) is 11.8 Å². The predicted octanol–water partition coefficient (Wildman–Crippen LogP) is 3.86. The number of rotatable bonds is 5. The first-order valence-corrected chi connectivity index (χ1v) is 13.2. The summed E-state index contributed by atoms with van der Waals surface area (Å²) in [5, 5.41) is 23.7. The fourth-order valence-corrected chi connectivity index (χ4v) is 6.10. The number of phenols is 1. The number of benzene rings is 2. The molecule has 192 valence electrons. The molecule has 2 aromatic heterocycles. The minimum absolute atomic E-state index is 0.0913. The van der Waals surface area contributed by atoms with E-state index in [0.29, 0.717) is 5.56 Å². The molecule has 6 rings (SSSR count). The molecule has 9 nitrogen and oxygen atoms in total. The van der Waals surface area contributed by atoms with E-state index < -0.39 is 0 Å². The average Bonchev–Trinajstić information content (AvgIpc) is 3.58. The molecule has 0 bridgehead atoms. The fraction of sp³-hybridized carbons (Fsp3) is 0.429. The summed E-state index contributed by atoms with van der Waals surface area (Å²) >= 11 is 0. The van der Waals surface area contributed by atoms with Gasteiger partial charge < -0.3 is 15.0 Å². The normalized spacial score (nSPS) is 18.1. The highest BCUT2D eigenvalue weighted by Gasteiger charge is 2.34. The van der Waals surface area contributed by atoms with Crippen molar-refractivity contribution in [3.8, 4) is 5.75 Å². The van der Waals surface area contributed by atoms with Crippen molar-refractivity contribution in [3.05, 3.63) is 75.3 Å². The monoisotopic (exact) mass is 499 g/mol. The maximum Gasteiger partial charge on any atom is 0.253 e. The van der Waals surface area contributed by atoms with E-state index >= 15 is 0 Å². The largest absolute Gasteiger partial charge is 0.508 e. The van der Waals surface area contributed by atoms with E-state index in [2.05, 4.69) is 49.4 Å². The van der Waals surface area contributed by atoms with Crippen LogP contribution in [0.4, 0.5) is 5.69 Å². The number of nitrogens with one attached hydrogen (secondary N) is 1. The van der Waals surface area contributed by atoms with E-state index in [1.165, 1.54) is 12.8 Å². The number of aryl methyl sites for hydroxylation is 2. The van der Waals surface area contributed by atoms with Gasteiger partial charge in [0.15, 0.2) is 5.82 Å².